The van der Waals surface area contributed by atoms with Gasteiger partial charge >= 0.3 is 6.09 Å². The van der Waals surface area contributed by atoms with Crippen LogP contribution in [0.3, 0.4) is 0 Å². The number of carbonyl (C=O) groups excluding carboxylic acids is 1. The molecule has 1 aromatic carbocycles. The van der Waals surface area contributed by atoms with Gasteiger partial charge in [0, 0.05) is 10.7 Å². The molecule has 104 valence electrons. The van der Waals surface area contributed by atoms with Gasteiger partial charge in [-0.15, -0.1) is 0 Å². The van der Waals surface area contributed by atoms with Crippen molar-refractivity contribution in [2.45, 2.75) is 12.5 Å². The Morgan fingerprint density at radius 1 is 1.47 bits per heavy atom. The number of amides is 2. The number of hydrogen-bond acceptors (Lipinski definition) is 3. The number of hydrogen-bond donors (Lipinski definition) is 3. The molecule has 0 unspecified atom stereocenters. The number of rotatable bonds is 6. The molecule has 0 heterocycles. The van der Waals surface area contributed by atoms with Crippen LogP contribution >= 0.6 is 23.4 Å². The van der Waals surface area contributed by atoms with Gasteiger partial charge < -0.3 is 15.7 Å². The van der Waals surface area contributed by atoms with Gasteiger partial charge in [-0.3, -0.25) is 4.79 Å². The second-order valence-electron chi connectivity index (χ2n) is 3.78. The van der Waals surface area contributed by atoms with Crippen molar-refractivity contribution < 1.29 is 14.7 Å². The number of benzene rings is 1. The quantitative estimate of drug-likeness (QED) is 0.755. The standard InChI is InChI=1S/C12H15ClN2O3S/c1-19-6-5-10(15-12(17)18)11(16)14-9-4-2-3-8(13)7-9/h2-4,7,10,15H,5-6H2,1H3,(H,14,16)(H,17,18)/t10-/m0/s1. The molecular formula is C12H15ClN2O3S. The predicted molar refractivity (Wildman–Crippen MR) is 78.0 cm³/mol. The maximum absolute atomic E-state index is 12.0. The molecule has 0 fully saturated rings. The van der Waals surface area contributed by atoms with Gasteiger partial charge in [0.1, 0.15) is 6.04 Å². The van der Waals surface area contributed by atoms with Gasteiger partial charge in [-0.1, -0.05) is 17.7 Å². The summed E-state index contributed by atoms with van der Waals surface area (Å²) < 4.78 is 0. The van der Waals surface area contributed by atoms with Crippen LogP contribution in [-0.2, 0) is 4.79 Å². The number of carbonyl (C=O) groups is 2. The highest BCUT2D eigenvalue weighted by Gasteiger charge is 2.20. The van der Waals surface area contributed by atoms with Crippen LogP contribution in [0.1, 0.15) is 6.42 Å². The molecule has 0 radical (unpaired) electrons. The molecule has 1 rings (SSSR count). The van der Waals surface area contributed by atoms with Gasteiger partial charge in [0.25, 0.3) is 0 Å². The summed E-state index contributed by atoms with van der Waals surface area (Å²) in [6, 6.07) is 5.92. The van der Waals surface area contributed by atoms with Gasteiger partial charge in [-0.05, 0) is 36.6 Å². The van der Waals surface area contributed by atoms with Gasteiger partial charge in [0.15, 0.2) is 0 Å². The number of halogens is 1. The van der Waals surface area contributed by atoms with Gasteiger partial charge in [0.2, 0.25) is 5.91 Å². The Morgan fingerprint density at radius 2 is 2.21 bits per heavy atom. The summed E-state index contributed by atoms with van der Waals surface area (Å²) in [6.45, 7) is 0. The fourth-order valence-electron chi connectivity index (χ4n) is 1.45. The molecule has 0 saturated heterocycles. The number of thioether (sulfide) groups is 1. The first kappa shape index (κ1) is 15.7. The molecule has 5 nitrogen and oxygen atoms in total. The van der Waals surface area contributed by atoms with E-state index in [9.17, 15) is 9.59 Å². The van der Waals surface area contributed by atoms with Crippen LogP contribution in [0.2, 0.25) is 5.02 Å². The van der Waals surface area contributed by atoms with Crippen LogP contribution in [-0.4, -0.2) is 35.2 Å². The molecule has 2 amide bonds. The van der Waals surface area contributed by atoms with E-state index in [-0.39, 0.29) is 0 Å². The first-order valence-electron chi connectivity index (χ1n) is 5.57. The molecule has 0 saturated carbocycles. The van der Waals surface area contributed by atoms with E-state index in [1.54, 1.807) is 36.0 Å². The fraction of sp³-hybridized carbons (Fsp3) is 0.333. The highest BCUT2D eigenvalue weighted by molar-refractivity contribution is 7.98. The monoisotopic (exact) mass is 302 g/mol. The summed E-state index contributed by atoms with van der Waals surface area (Å²) in [5.74, 6) is 0.298. The Bertz CT molecular complexity index is 456. The van der Waals surface area contributed by atoms with E-state index in [0.717, 1.165) is 0 Å². The third-order valence-electron chi connectivity index (χ3n) is 2.32. The van der Waals surface area contributed by atoms with Gasteiger partial charge in [-0.25, -0.2) is 4.79 Å². The minimum absolute atomic E-state index is 0.390. The molecule has 0 aliphatic heterocycles. The fourth-order valence-corrected chi connectivity index (χ4v) is 2.11. The zero-order valence-corrected chi connectivity index (χ0v) is 11.9. The van der Waals surface area contributed by atoms with Crippen LogP contribution in [0.4, 0.5) is 10.5 Å². The topological polar surface area (TPSA) is 78.4 Å². The van der Waals surface area contributed by atoms with Crippen LogP contribution in [0.5, 0.6) is 0 Å². The summed E-state index contributed by atoms with van der Waals surface area (Å²) in [6.07, 6.45) is 1.11. The third-order valence-corrected chi connectivity index (χ3v) is 3.20. The normalized spacial score (nSPS) is 11.7. The molecule has 3 N–H and O–H groups in total. The Labute approximate surface area is 120 Å². The minimum atomic E-state index is -1.22. The van der Waals surface area contributed by atoms with Crippen molar-refractivity contribution in [2.75, 3.05) is 17.3 Å². The Hall–Kier alpha value is -1.40. The van der Waals surface area contributed by atoms with E-state index in [4.69, 9.17) is 16.7 Å². The third kappa shape index (κ3) is 5.85. The molecule has 0 aliphatic carbocycles. The van der Waals surface area contributed by atoms with E-state index >= 15 is 0 Å². The van der Waals surface area contributed by atoms with Crippen LogP contribution in [0, 0.1) is 0 Å². The first-order valence-corrected chi connectivity index (χ1v) is 7.35. The summed E-state index contributed by atoms with van der Waals surface area (Å²) in [7, 11) is 0. The lowest BCUT2D eigenvalue weighted by atomic mass is 10.2. The zero-order chi connectivity index (χ0) is 14.3. The SMILES string of the molecule is CSCC[C@H](NC(=O)O)C(=O)Nc1cccc(Cl)c1. The van der Waals surface area contributed by atoms with Crippen molar-refractivity contribution in [3.05, 3.63) is 29.3 Å². The average Bonchev–Trinajstić information content (AvgIpc) is 2.34. The second-order valence-corrected chi connectivity index (χ2v) is 5.21. The van der Waals surface area contributed by atoms with E-state index in [1.807, 2.05) is 6.26 Å². The van der Waals surface area contributed by atoms with Gasteiger partial charge in [0.05, 0.1) is 0 Å². The smallest absolute Gasteiger partial charge is 0.405 e. The van der Waals surface area contributed by atoms with Crippen molar-refractivity contribution in [2.24, 2.45) is 0 Å². The molecule has 1 atom stereocenters. The Balaban J connectivity index is 2.67. The molecule has 0 bridgehead atoms. The van der Waals surface area contributed by atoms with Crippen LogP contribution in [0.25, 0.3) is 0 Å². The molecule has 0 aromatic heterocycles. The molecule has 19 heavy (non-hydrogen) atoms. The Morgan fingerprint density at radius 3 is 2.79 bits per heavy atom. The number of anilines is 1. The maximum atomic E-state index is 12.0. The summed E-state index contributed by atoms with van der Waals surface area (Å²) >= 11 is 7.36. The lowest BCUT2D eigenvalue weighted by Gasteiger charge is -2.16. The molecule has 7 heteroatoms. The average molecular weight is 303 g/mol. The number of nitrogens with one attached hydrogen (secondary N) is 2. The highest BCUT2D eigenvalue weighted by atomic mass is 35.5. The van der Waals surface area contributed by atoms with Crippen molar-refractivity contribution in [1.29, 1.82) is 0 Å². The largest absolute Gasteiger partial charge is 0.465 e. The first-order chi connectivity index (χ1) is 9.02. The number of carboxylic acid groups (broad SMARTS) is 1. The molecule has 0 aliphatic rings. The Kier molecular flexibility index (Phi) is 6.52. The van der Waals surface area contributed by atoms with Crippen molar-refractivity contribution >= 4 is 41.1 Å². The summed E-state index contributed by atoms with van der Waals surface area (Å²) in [5.41, 5.74) is 0.541. The highest BCUT2D eigenvalue weighted by Crippen LogP contribution is 2.15. The summed E-state index contributed by atoms with van der Waals surface area (Å²) in [4.78, 5) is 22.6. The maximum Gasteiger partial charge on any atom is 0.405 e. The van der Waals surface area contributed by atoms with E-state index in [0.29, 0.717) is 22.9 Å². The van der Waals surface area contributed by atoms with Crippen molar-refractivity contribution in [1.82, 2.24) is 5.32 Å². The zero-order valence-electron chi connectivity index (χ0n) is 10.4. The molecule has 1 aromatic rings. The van der Waals surface area contributed by atoms with Crippen molar-refractivity contribution in [3.63, 3.8) is 0 Å². The van der Waals surface area contributed by atoms with E-state index in [2.05, 4.69) is 10.6 Å². The second kappa shape index (κ2) is 7.91. The minimum Gasteiger partial charge on any atom is -0.465 e. The lowest BCUT2D eigenvalue weighted by molar-refractivity contribution is -0.118. The lowest BCUT2D eigenvalue weighted by Crippen LogP contribution is -2.43. The molecule has 0 spiro atoms. The van der Waals surface area contributed by atoms with Crippen molar-refractivity contribution in [3.8, 4) is 0 Å². The van der Waals surface area contributed by atoms with Gasteiger partial charge in [-0.2, -0.15) is 11.8 Å². The van der Waals surface area contributed by atoms with E-state index in [1.165, 1.54) is 0 Å². The summed E-state index contributed by atoms with van der Waals surface area (Å²) in [5, 5.41) is 14.1. The van der Waals surface area contributed by atoms with Crippen LogP contribution < -0.4 is 10.6 Å². The predicted octanol–water partition coefficient (Wildman–Crippen LogP) is 2.67. The molecular weight excluding hydrogens is 288 g/mol. The van der Waals surface area contributed by atoms with Crippen LogP contribution in [0.15, 0.2) is 24.3 Å². The van der Waals surface area contributed by atoms with E-state index < -0.39 is 18.0 Å².